The fourth-order valence-electron chi connectivity index (χ4n) is 1.67. The molecule has 0 aliphatic heterocycles. The largest absolute Gasteiger partial charge is 0.456 e. The van der Waals surface area contributed by atoms with Crippen LogP contribution in [0.4, 0.5) is 0 Å². The molecule has 0 fully saturated rings. The third-order valence-electron chi connectivity index (χ3n) is 2.66. The number of nitrogens with zero attached hydrogens (tertiary/aromatic N) is 1. The molecule has 0 bridgehead atoms. The zero-order chi connectivity index (χ0) is 12.8. The molecule has 0 unspecified atom stereocenters. The van der Waals surface area contributed by atoms with Gasteiger partial charge < -0.3 is 14.7 Å². The molecule has 5 nitrogen and oxygen atoms in total. The molecule has 0 aliphatic carbocycles. The van der Waals surface area contributed by atoms with Gasteiger partial charge in [-0.3, -0.25) is 4.79 Å². The molecule has 2 aromatic rings. The topological polar surface area (TPSA) is 70.9 Å². The van der Waals surface area contributed by atoms with Gasteiger partial charge in [0.25, 0.3) is 5.91 Å². The number of aromatic amines is 1. The van der Waals surface area contributed by atoms with Gasteiger partial charge >= 0.3 is 0 Å². The van der Waals surface area contributed by atoms with Crippen LogP contribution in [0.15, 0.2) is 28.9 Å². The number of hydrogen-bond donors (Lipinski definition) is 2. The van der Waals surface area contributed by atoms with Crippen LogP contribution in [0, 0.1) is 0 Å². The van der Waals surface area contributed by atoms with E-state index in [1.54, 1.807) is 18.5 Å². The van der Waals surface area contributed by atoms with Gasteiger partial charge in [0, 0.05) is 31.8 Å². The number of hydrogen-bond acceptors (Lipinski definition) is 3. The molecule has 2 heterocycles. The third-order valence-corrected chi connectivity index (χ3v) is 2.66. The summed E-state index contributed by atoms with van der Waals surface area (Å²) in [5, 5.41) is 2.82. The second-order valence-electron chi connectivity index (χ2n) is 4.01. The average Bonchev–Trinajstić information content (AvgIpc) is 3.05. The van der Waals surface area contributed by atoms with Gasteiger partial charge in [0.15, 0.2) is 5.76 Å². The molecule has 0 aliphatic rings. The lowest BCUT2D eigenvalue weighted by molar-refractivity contribution is 0.0924. The quantitative estimate of drug-likeness (QED) is 0.766. The standard InChI is InChI=1S/C13H17N3O2/c1-2-10-5-6-11(18-10)13(17)16-7-3-4-12-14-8-9-15-12/h5-6,8-9H,2-4,7H2,1H3,(H,14,15)(H,16,17). The summed E-state index contributed by atoms with van der Waals surface area (Å²) in [7, 11) is 0. The number of aryl methyl sites for hydroxylation is 2. The van der Waals surface area contributed by atoms with E-state index in [1.165, 1.54) is 0 Å². The number of H-pyrrole nitrogens is 1. The zero-order valence-electron chi connectivity index (χ0n) is 10.4. The zero-order valence-corrected chi connectivity index (χ0v) is 10.4. The van der Waals surface area contributed by atoms with Gasteiger partial charge in [-0.1, -0.05) is 6.92 Å². The molecular weight excluding hydrogens is 230 g/mol. The first kappa shape index (κ1) is 12.4. The number of rotatable bonds is 6. The molecule has 2 N–H and O–H groups in total. The Kier molecular flexibility index (Phi) is 4.17. The second-order valence-corrected chi connectivity index (χ2v) is 4.01. The van der Waals surface area contributed by atoms with E-state index in [0.29, 0.717) is 12.3 Å². The number of aromatic nitrogens is 2. The summed E-state index contributed by atoms with van der Waals surface area (Å²) in [4.78, 5) is 18.9. The average molecular weight is 247 g/mol. The molecule has 1 amide bonds. The fourth-order valence-corrected chi connectivity index (χ4v) is 1.67. The number of carbonyl (C=O) groups excluding carboxylic acids is 1. The molecule has 0 radical (unpaired) electrons. The van der Waals surface area contributed by atoms with Crippen LogP contribution in [0.5, 0.6) is 0 Å². The van der Waals surface area contributed by atoms with Gasteiger partial charge in [-0.05, 0) is 18.6 Å². The Labute approximate surface area is 106 Å². The Morgan fingerprint density at radius 3 is 3.06 bits per heavy atom. The van der Waals surface area contributed by atoms with Crippen LogP contribution in [0.3, 0.4) is 0 Å². The molecule has 0 saturated heterocycles. The fraction of sp³-hybridized carbons (Fsp3) is 0.385. The summed E-state index contributed by atoms with van der Waals surface area (Å²) >= 11 is 0. The minimum Gasteiger partial charge on any atom is -0.456 e. The lowest BCUT2D eigenvalue weighted by Gasteiger charge is -2.02. The summed E-state index contributed by atoms with van der Waals surface area (Å²) in [5.41, 5.74) is 0. The lowest BCUT2D eigenvalue weighted by Crippen LogP contribution is -2.24. The number of carbonyl (C=O) groups is 1. The Hall–Kier alpha value is -2.04. The molecule has 5 heteroatoms. The first-order valence-electron chi connectivity index (χ1n) is 6.14. The monoisotopic (exact) mass is 247 g/mol. The molecule has 0 saturated carbocycles. The SMILES string of the molecule is CCc1ccc(C(=O)NCCCc2ncc[nH]2)o1. The summed E-state index contributed by atoms with van der Waals surface area (Å²) < 4.78 is 5.37. The van der Waals surface area contributed by atoms with Crippen molar-refractivity contribution in [2.45, 2.75) is 26.2 Å². The van der Waals surface area contributed by atoms with Crippen LogP contribution >= 0.6 is 0 Å². The first-order chi connectivity index (χ1) is 8.79. The maximum absolute atomic E-state index is 11.7. The van der Waals surface area contributed by atoms with E-state index >= 15 is 0 Å². The Balaban J connectivity index is 1.71. The summed E-state index contributed by atoms with van der Waals surface area (Å²) in [5.74, 6) is 1.99. The highest BCUT2D eigenvalue weighted by Crippen LogP contribution is 2.08. The van der Waals surface area contributed by atoms with Crippen molar-refractivity contribution in [1.82, 2.24) is 15.3 Å². The van der Waals surface area contributed by atoms with E-state index in [2.05, 4.69) is 15.3 Å². The van der Waals surface area contributed by atoms with Crippen LogP contribution in [0.25, 0.3) is 0 Å². The molecule has 0 atom stereocenters. The van der Waals surface area contributed by atoms with Crippen molar-refractivity contribution < 1.29 is 9.21 Å². The van der Waals surface area contributed by atoms with Gasteiger partial charge in [-0.15, -0.1) is 0 Å². The van der Waals surface area contributed by atoms with E-state index in [0.717, 1.165) is 30.8 Å². The van der Waals surface area contributed by atoms with E-state index < -0.39 is 0 Å². The van der Waals surface area contributed by atoms with E-state index in [1.807, 2.05) is 13.0 Å². The van der Waals surface area contributed by atoms with E-state index in [-0.39, 0.29) is 5.91 Å². The van der Waals surface area contributed by atoms with Crippen LogP contribution in [-0.4, -0.2) is 22.4 Å². The van der Waals surface area contributed by atoms with Crippen LogP contribution < -0.4 is 5.32 Å². The maximum Gasteiger partial charge on any atom is 0.286 e. The number of nitrogens with one attached hydrogen (secondary N) is 2. The highest BCUT2D eigenvalue weighted by molar-refractivity contribution is 5.91. The van der Waals surface area contributed by atoms with Crippen molar-refractivity contribution in [2.24, 2.45) is 0 Å². The van der Waals surface area contributed by atoms with E-state index in [4.69, 9.17) is 4.42 Å². The highest BCUT2D eigenvalue weighted by atomic mass is 16.3. The Morgan fingerprint density at radius 2 is 2.39 bits per heavy atom. The molecule has 18 heavy (non-hydrogen) atoms. The Bertz CT molecular complexity index is 488. The van der Waals surface area contributed by atoms with Crippen molar-refractivity contribution in [3.63, 3.8) is 0 Å². The molecule has 96 valence electrons. The molecular formula is C13H17N3O2. The first-order valence-corrected chi connectivity index (χ1v) is 6.14. The van der Waals surface area contributed by atoms with Crippen molar-refractivity contribution in [1.29, 1.82) is 0 Å². The van der Waals surface area contributed by atoms with Gasteiger partial charge in [-0.25, -0.2) is 4.98 Å². The maximum atomic E-state index is 11.7. The van der Waals surface area contributed by atoms with Crippen LogP contribution in [0.1, 0.15) is 35.5 Å². The van der Waals surface area contributed by atoms with Crippen molar-refractivity contribution in [3.8, 4) is 0 Å². The Morgan fingerprint density at radius 1 is 1.50 bits per heavy atom. The molecule has 2 rings (SSSR count). The van der Waals surface area contributed by atoms with Crippen LogP contribution in [0.2, 0.25) is 0 Å². The van der Waals surface area contributed by atoms with Gasteiger partial charge in [0.2, 0.25) is 0 Å². The predicted octanol–water partition coefficient (Wildman–Crippen LogP) is 1.93. The molecule has 2 aromatic heterocycles. The molecule has 0 aromatic carbocycles. The van der Waals surface area contributed by atoms with Crippen molar-refractivity contribution in [2.75, 3.05) is 6.54 Å². The van der Waals surface area contributed by atoms with E-state index in [9.17, 15) is 4.79 Å². The third kappa shape index (κ3) is 3.23. The van der Waals surface area contributed by atoms with Crippen LogP contribution in [-0.2, 0) is 12.8 Å². The number of amides is 1. The minimum atomic E-state index is -0.158. The van der Waals surface area contributed by atoms with Gasteiger partial charge in [-0.2, -0.15) is 0 Å². The number of imidazole rings is 1. The highest BCUT2D eigenvalue weighted by Gasteiger charge is 2.09. The smallest absolute Gasteiger partial charge is 0.286 e. The predicted molar refractivity (Wildman–Crippen MR) is 67.3 cm³/mol. The lowest BCUT2D eigenvalue weighted by atomic mass is 10.3. The molecule has 0 spiro atoms. The minimum absolute atomic E-state index is 0.158. The summed E-state index contributed by atoms with van der Waals surface area (Å²) in [6.07, 6.45) is 5.99. The van der Waals surface area contributed by atoms with Gasteiger partial charge in [0.1, 0.15) is 11.6 Å². The normalized spacial score (nSPS) is 10.5. The van der Waals surface area contributed by atoms with Crippen molar-refractivity contribution >= 4 is 5.91 Å². The van der Waals surface area contributed by atoms with Gasteiger partial charge in [0.05, 0.1) is 0 Å². The second kappa shape index (κ2) is 6.05. The van der Waals surface area contributed by atoms with Crippen molar-refractivity contribution in [3.05, 3.63) is 41.9 Å². The summed E-state index contributed by atoms with van der Waals surface area (Å²) in [6.45, 7) is 2.60. The number of furan rings is 1. The summed E-state index contributed by atoms with van der Waals surface area (Å²) in [6, 6.07) is 3.54.